The molecule has 0 fully saturated rings. The van der Waals surface area contributed by atoms with Crippen molar-refractivity contribution in [3.63, 3.8) is 0 Å². The Balaban J connectivity index is 2.44. The lowest BCUT2D eigenvalue weighted by Gasteiger charge is -1.97. The van der Waals surface area contributed by atoms with Crippen LogP contribution in [0.4, 0.5) is 0 Å². The predicted molar refractivity (Wildman–Crippen MR) is 71.8 cm³/mol. The summed E-state index contributed by atoms with van der Waals surface area (Å²) >= 11 is 5.83. The van der Waals surface area contributed by atoms with Crippen molar-refractivity contribution in [3.05, 3.63) is 40.9 Å². The van der Waals surface area contributed by atoms with Gasteiger partial charge < -0.3 is 9.94 Å². The number of nitrogens with zero attached hydrogens (tertiary/aromatic N) is 1. The van der Waals surface area contributed by atoms with Gasteiger partial charge in [-0.05, 0) is 30.2 Å². The van der Waals surface area contributed by atoms with Crippen LogP contribution in [0.5, 0.6) is 0 Å². The van der Waals surface area contributed by atoms with E-state index in [2.05, 4.69) is 5.16 Å². The number of carboxylic acids is 1. The van der Waals surface area contributed by atoms with Crippen molar-refractivity contribution >= 4 is 29.4 Å². The molecule has 0 aliphatic heterocycles. The summed E-state index contributed by atoms with van der Waals surface area (Å²) in [7, 11) is 0. The molecule has 4 nitrogen and oxygen atoms in total. The molecule has 0 amide bonds. The van der Waals surface area contributed by atoms with Gasteiger partial charge >= 0.3 is 5.97 Å². The van der Waals surface area contributed by atoms with Crippen LogP contribution in [-0.2, 0) is 9.63 Å². The summed E-state index contributed by atoms with van der Waals surface area (Å²) in [4.78, 5) is 15.5. The van der Waals surface area contributed by atoms with Gasteiger partial charge in [-0.25, -0.2) is 4.79 Å². The first-order valence-corrected chi connectivity index (χ1v) is 5.85. The van der Waals surface area contributed by atoms with Crippen molar-refractivity contribution in [2.45, 2.75) is 13.3 Å². The van der Waals surface area contributed by atoms with Gasteiger partial charge in [-0.3, -0.25) is 0 Å². The van der Waals surface area contributed by atoms with E-state index in [1.807, 2.05) is 24.3 Å². The minimum absolute atomic E-state index is 0.00570. The number of hydrogen-bond acceptors (Lipinski definition) is 3. The van der Waals surface area contributed by atoms with Crippen LogP contribution in [0.15, 0.2) is 35.5 Å². The van der Waals surface area contributed by atoms with Crippen LogP contribution in [0.1, 0.15) is 18.9 Å². The zero-order chi connectivity index (χ0) is 13.4. The van der Waals surface area contributed by atoms with Crippen molar-refractivity contribution in [1.29, 1.82) is 0 Å². The molecule has 0 unspecified atom stereocenters. The van der Waals surface area contributed by atoms with E-state index < -0.39 is 5.97 Å². The molecule has 0 saturated heterocycles. The van der Waals surface area contributed by atoms with E-state index in [0.717, 1.165) is 5.56 Å². The molecule has 5 heteroatoms. The maximum Gasteiger partial charge on any atom is 0.353 e. The average molecular weight is 268 g/mol. The first kappa shape index (κ1) is 14.3. The highest BCUT2D eigenvalue weighted by atomic mass is 35.5. The molecule has 1 N–H and O–H groups in total. The summed E-state index contributed by atoms with van der Waals surface area (Å²) in [6.07, 6.45) is 3.89. The Morgan fingerprint density at radius 1 is 1.56 bits per heavy atom. The maximum absolute atomic E-state index is 10.6. The van der Waals surface area contributed by atoms with Crippen LogP contribution in [0.25, 0.3) is 6.08 Å². The quantitative estimate of drug-likeness (QED) is 0.489. The molecule has 0 radical (unpaired) electrons. The third-order valence-corrected chi connectivity index (χ3v) is 2.32. The zero-order valence-electron chi connectivity index (χ0n) is 9.97. The summed E-state index contributed by atoms with van der Waals surface area (Å²) in [6, 6.07) is 7.36. The van der Waals surface area contributed by atoms with Crippen LogP contribution in [-0.4, -0.2) is 23.4 Å². The van der Waals surface area contributed by atoms with Gasteiger partial charge in [-0.1, -0.05) is 41.9 Å². The topological polar surface area (TPSA) is 58.9 Å². The lowest BCUT2D eigenvalue weighted by molar-refractivity contribution is -0.129. The van der Waals surface area contributed by atoms with Crippen molar-refractivity contribution < 1.29 is 14.7 Å². The van der Waals surface area contributed by atoms with E-state index in [9.17, 15) is 4.79 Å². The summed E-state index contributed by atoms with van der Waals surface area (Å²) in [6.45, 7) is 1.92. The van der Waals surface area contributed by atoms with Gasteiger partial charge in [0, 0.05) is 5.02 Å². The first-order valence-electron chi connectivity index (χ1n) is 5.47. The molecule has 0 bridgehead atoms. The molecule has 0 heterocycles. The monoisotopic (exact) mass is 267 g/mol. The van der Waals surface area contributed by atoms with E-state index in [-0.39, 0.29) is 12.3 Å². The highest BCUT2D eigenvalue weighted by Crippen LogP contribution is 2.11. The van der Waals surface area contributed by atoms with E-state index in [1.54, 1.807) is 19.1 Å². The summed E-state index contributed by atoms with van der Waals surface area (Å²) < 4.78 is 0. The van der Waals surface area contributed by atoms with Gasteiger partial charge in [0.05, 0.1) is 0 Å². The summed E-state index contributed by atoms with van der Waals surface area (Å²) in [5, 5.41) is 12.9. The lowest BCUT2D eigenvalue weighted by atomic mass is 10.2. The van der Waals surface area contributed by atoms with Crippen molar-refractivity contribution in [2.75, 3.05) is 6.61 Å². The number of hydrogen-bond donors (Lipinski definition) is 1. The van der Waals surface area contributed by atoms with E-state index >= 15 is 0 Å². The Labute approximate surface area is 111 Å². The van der Waals surface area contributed by atoms with Crippen molar-refractivity contribution in [2.24, 2.45) is 5.16 Å². The number of aliphatic carboxylic acids is 1. The number of carboxylic acid groups (broad SMARTS) is 1. The Kier molecular flexibility index (Phi) is 5.94. The summed E-state index contributed by atoms with van der Waals surface area (Å²) in [5.41, 5.74) is 0.954. The molecule has 0 spiro atoms. The second-order valence-electron chi connectivity index (χ2n) is 3.45. The molecule has 96 valence electrons. The van der Waals surface area contributed by atoms with Gasteiger partial charge in [0.25, 0.3) is 0 Å². The third-order valence-electron chi connectivity index (χ3n) is 2.09. The van der Waals surface area contributed by atoms with Crippen LogP contribution < -0.4 is 0 Å². The van der Waals surface area contributed by atoms with Crippen LogP contribution in [0.2, 0.25) is 5.02 Å². The molecule has 0 aliphatic rings. The molecule has 0 aliphatic carbocycles. The van der Waals surface area contributed by atoms with Crippen LogP contribution >= 0.6 is 11.6 Å². The first-order chi connectivity index (χ1) is 8.63. The molecular weight excluding hydrogens is 254 g/mol. The second kappa shape index (κ2) is 7.50. The van der Waals surface area contributed by atoms with E-state index in [4.69, 9.17) is 21.5 Å². The van der Waals surface area contributed by atoms with Gasteiger partial charge in [-0.15, -0.1) is 0 Å². The fourth-order valence-electron chi connectivity index (χ4n) is 1.21. The van der Waals surface area contributed by atoms with Gasteiger partial charge in [0.15, 0.2) is 5.71 Å². The highest BCUT2D eigenvalue weighted by Gasteiger charge is 2.05. The Morgan fingerprint density at radius 3 is 2.94 bits per heavy atom. The Bertz CT molecular complexity index is 469. The standard InChI is InChI=1S/C13H14ClNO3/c1-2-12(13(16)17)15-18-8-4-6-10-5-3-7-11(14)9-10/h3-7,9H,2,8H2,1H3,(H,16,17). The Morgan fingerprint density at radius 2 is 2.33 bits per heavy atom. The fourth-order valence-corrected chi connectivity index (χ4v) is 1.41. The fraction of sp³-hybridized carbons (Fsp3) is 0.231. The Hall–Kier alpha value is -1.81. The molecule has 0 atom stereocenters. The third kappa shape index (κ3) is 5.01. The van der Waals surface area contributed by atoms with E-state index in [1.165, 1.54) is 0 Å². The van der Waals surface area contributed by atoms with Crippen molar-refractivity contribution in [3.8, 4) is 0 Å². The zero-order valence-corrected chi connectivity index (χ0v) is 10.7. The molecule has 1 rings (SSSR count). The number of halogens is 1. The number of benzene rings is 1. The normalized spacial score (nSPS) is 11.8. The minimum Gasteiger partial charge on any atom is -0.477 e. The van der Waals surface area contributed by atoms with Crippen molar-refractivity contribution in [1.82, 2.24) is 0 Å². The maximum atomic E-state index is 10.6. The molecular formula is C13H14ClNO3. The number of carbonyl (C=O) groups is 1. The number of oxime groups is 1. The molecule has 18 heavy (non-hydrogen) atoms. The van der Waals surface area contributed by atoms with Gasteiger partial charge in [-0.2, -0.15) is 0 Å². The molecule has 1 aromatic carbocycles. The van der Waals surface area contributed by atoms with Crippen LogP contribution in [0, 0.1) is 0 Å². The van der Waals surface area contributed by atoms with Gasteiger partial charge in [0.1, 0.15) is 6.61 Å². The predicted octanol–water partition coefficient (Wildman–Crippen LogP) is 3.22. The smallest absolute Gasteiger partial charge is 0.353 e. The lowest BCUT2D eigenvalue weighted by Crippen LogP contribution is -2.11. The average Bonchev–Trinajstić information content (AvgIpc) is 2.33. The minimum atomic E-state index is -1.06. The SMILES string of the molecule is CCC(=NOCC=Cc1cccc(Cl)c1)C(=O)O. The molecule has 0 saturated carbocycles. The van der Waals surface area contributed by atoms with E-state index in [0.29, 0.717) is 11.4 Å². The molecule has 1 aromatic rings. The largest absolute Gasteiger partial charge is 0.477 e. The summed E-state index contributed by atoms with van der Waals surface area (Å²) in [5.74, 6) is -1.06. The highest BCUT2D eigenvalue weighted by molar-refractivity contribution is 6.35. The molecule has 0 aromatic heterocycles. The van der Waals surface area contributed by atoms with Crippen LogP contribution in [0.3, 0.4) is 0 Å². The van der Waals surface area contributed by atoms with Gasteiger partial charge in [0.2, 0.25) is 0 Å². The number of rotatable bonds is 6. The second-order valence-corrected chi connectivity index (χ2v) is 3.89.